The lowest BCUT2D eigenvalue weighted by Crippen LogP contribution is -2.54. The van der Waals surface area contributed by atoms with Gasteiger partial charge in [-0.05, 0) is 111 Å². The lowest BCUT2D eigenvalue weighted by atomic mass is 9.61. The lowest BCUT2D eigenvalue weighted by Gasteiger charge is -2.51. The van der Waals surface area contributed by atoms with Crippen LogP contribution in [0.1, 0.15) is 86.7 Å². The molecule has 1 aliphatic carbocycles. The quantitative estimate of drug-likeness (QED) is 0.409. The molecule has 2 heterocycles. The maximum atomic E-state index is 13.5. The zero-order chi connectivity index (χ0) is 33.9. The van der Waals surface area contributed by atoms with Gasteiger partial charge in [0, 0.05) is 44.9 Å². The van der Waals surface area contributed by atoms with Crippen LogP contribution >= 0.6 is 11.6 Å². The molecule has 1 N–H and O–H groups in total. The minimum Gasteiger partial charge on any atom is -0.487 e. The molecular formula is C36H50ClN3O6S. The number of amides is 2. The molecule has 2 aromatic carbocycles. The van der Waals surface area contributed by atoms with E-state index >= 15 is 0 Å². The van der Waals surface area contributed by atoms with Crippen LogP contribution in [-0.2, 0) is 32.6 Å². The summed E-state index contributed by atoms with van der Waals surface area (Å²) in [4.78, 5) is 30.6. The number of aryl methyl sites for hydroxylation is 1. The van der Waals surface area contributed by atoms with Crippen molar-refractivity contribution in [1.29, 1.82) is 0 Å². The molecule has 0 radical (unpaired) electrons. The smallest absolute Gasteiger partial charge is 0.264 e. The number of sulfonamides is 1. The second-order valence-electron chi connectivity index (χ2n) is 14.0. The Morgan fingerprint density at radius 3 is 2.57 bits per heavy atom. The standard InChI is InChI=1S/C36H50ClN3O6S/c1-24-9-8-17-36(45-5,21-34(41)39(3)4)31-15-12-28(31)22-40-18-7-6-10-26-19-30(37)14-11-29(26)23-46-33-16-13-27(20-32(33)40)35(42)38-47(43,44)25(24)2/h11,13-14,16,19-20,24-25,28,31H,6-10,12,15,17-18,21-23H2,1-5H3,(H,38,42)/t24-,25+,28-,31+,36+/m0/s1. The van der Waals surface area contributed by atoms with Crippen molar-refractivity contribution in [2.45, 2.75) is 89.1 Å². The van der Waals surface area contributed by atoms with Crippen LogP contribution in [0.5, 0.6) is 5.75 Å². The largest absolute Gasteiger partial charge is 0.487 e. The summed E-state index contributed by atoms with van der Waals surface area (Å²) in [5, 5.41) is -0.0887. The molecule has 1 saturated carbocycles. The molecule has 11 heteroatoms. The highest BCUT2D eigenvalue weighted by Crippen LogP contribution is 2.49. The topological polar surface area (TPSA) is 105 Å². The number of benzene rings is 2. The van der Waals surface area contributed by atoms with E-state index in [2.05, 4.69) is 9.62 Å². The van der Waals surface area contributed by atoms with Gasteiger partial charge in [-0.3, -0.25) is 9.59 Å². The monoisotopic (exact) mass is 687 g/mol. The summed E-state index contributed by atoms with van der Waals surface area (Å²) < 4.78 is 42.1. The van der Waals surface area contributed by atoms with Gasteiger partial charge in [0.05, 0.1) is 23.0 Å². The van der Waals surface area contributed by atoms with Gasteiger partial charge in [0.1, 0.15) is 12.4 Å². The number of ether oxygens (including phenoxy) is 2. The maximum absolute atomic E-state index is 13.5. The first-order chi connectivity index (χ1) is 22.3. The van der Waals surface area contributed by atoms with Gasteiger partial charge in [0.15, 0.2) is 0 Å². The Balaban J connectivity index is 1.57. The average Bonchev–Trinajstić information content (AvgIpc) is 3.04. The van der Waals surface area contributed by atoms with E-state index in [1.165, 1.54) is 0 Å². The van der Waals surface area contributed by atoms with Gasteiger partial charge in [0.2, 0.25) is 15.9 Å². The summed E-state index contributed by atoms with van der Waals surface area (Å²) in [6.07, 6.45) is 6.95. The minimum absolute atomic E-state index is 0.0249. The highest BCUT2D eigenvalue weighted by Gasteiger charge is 2.49. The fraction of sp³-hybridized carbons (Fsp3) is 0.611. The van der Waals surface area contributed by atoms with Crippen LogP contribution in [0.2, 0.25) is 5.02 Å². The SMILES string of the molecule is CO[C@@]1(CC(=O)N(C)C)CCC[C@H](C)[C@@H](C)S(=O)(=O)NC(=O)c2ccc3c(c2)N(CCCCc2cc(Cl)ccc2CO3)C[C@@H]2CC[C@H]21. The van der Waals surface area contributed by atoms with Crippen molar-refractivity contribution in [3.8, 4) is 5.75 Å². The number of carbonyl (C=O) groups is 2. The third kappa shape index (κ3) is 7.92. The zero-order valence-electron chi connectivity index (χ0n) is 28.4. The predicted octanol–water partition coefficient (Wildman–Crippen LogP) is 6.22. The van der Waals surface area contributed by atoms with Gasteiger partial charge in [-0.25, -0.2) is 13.1 Å². The summed E-state index contributed by atoms with van der Waals surface area (Å²) in [6, 6.07) is 11.1. The molecule has 0 spiro atoms. The van der Waals surface area contributed by atoms with E-state index in [0.717, 1.165) is 55.5 Å². The number of fused-ring (bicyclic) bond motifs is 3. The highest BCUT2D eigenvalue weighted by atomic mass is 35.5. The van der Waals surface area contributed by atoms with E-state index in [9.17, 15) is 18.0 Å². The van der Waals surface area contributed by atoms with Crippen LogP contribution < -0.4 is 14.4 Å². The Hall–Kier alpha value is -2.82. The Labute approximate surface area is 285 Å². The van der Waals surface area contributed by atoms with Crippen molar-refractivity contribution in [3.63, 3.8) is 0 Å². The molecule has 0 unspecified atom stereocenters. The first-order valence-electron chi connectivity index (χ1n) is 16.9. The molecule has 47 heavy (non-hydrogen) atoms. The van der Waals surface area contributed by atoms with E-state index in [-0.39, 0.29) is 35.6 Å². The number of anilines is 1. The first-order valence-corrected chi connectivity index (χ1v) is 18.9. The molecule has 258 valence electrons. The first kappa shape index (κ1) is 35.5. The number of rotatable bonds is 3. The van der Waals surface area contributed by atoms with Crippen molar-refractivity contribution in [2.24, 2.45) is 17.8 Å². The Morgan fingerprint density at radius 1 is 1.09 bits per heavy atom. The highest BCUT2D eigenvalue weighted by molar-refractivity contribution is 7.90. The third-order valence-electron chi connectivity index (χ3n) is 10.9. The number of hydrogen-bond acceptors (Lipinski definition) is 7. The maximum Gasteiger partial charge on any atom is 0.264 e. The third-order valence-corrected chi connectivity index (χ3v) is 13.1. The van der Waals surface area contributed by atoms with E-state index < -0.39 is 26.8 Å². The molecule has 3 aliphatic rings. The number of methoxy groups -OCH3 is 1. The van der Waals surface area contributed by atoms with Crippen LogP contribution in [-0.4, -0.2) is 70.3 Å². The lowest BCUT2D eigenvalue weighted by molar-refractivity contribution is -0.151. The molecule has 2 aromatic rings. The van der Waals surface area contributed by atoms with Crippen molar-refractivity contribution in [3.05, 3.63) is 58.1 Å². The normalized spacial score (nSPS) is 28.3. The number of carbonyl (C=O) groups excluding carboxylic acids is 2. The van der Waals surface area contributed by atoms with Crippen molar-refractivity contribution >= 4 is 39.1 Å². The van der Waals surface area contributed by atoms with Gasteiger partial charge >= 0.3 is 0 Å². The summed E-state index contributed by atoms with van der Waals surface area (Å²) >= 11 is 6.35. The molecular weight excluding hydrogens is 638 g/mol. The fourth-order valence-corrected chi connectivity index (χ4v) is 9.04. The van der Waals surface area contributed by atoms with Gasteiger partial charge < -0.3 is 19.3 Å². The van der Waals surface area contributed by atoms with Crippen LogP contribution in [0.25, 0.3) is 0 Å². The molecule has 0 saturated heterocycles. The molecule has 0 aromatic heterocycles. The van der Waals surface area contributed by atoms with Crippen LogP contribution in [0, 0.1) is 17.8 Å². The number of nitrogens with zero attached hydrogens (tertiary/aromatic N) is 2. The van der Waals surface area contributed by atoms with Crippen molar-refractivity contribution in [2.75, 3.05) is 39.2 Å². The summed E-state index contributed by atoms with van der Waals surface area (Å²) in [7, 11) is 1.31. The molecule has 1 fully saturated rings. The zero-order valence-corrected chi connectivity index (χ0v) is 30.0. The van der Waals surface area contributed by atoms with Gasteiger partial charge in [0.25, 0.3) is 5.91 Å². The summed E-state index contributed by atoms with van der Waals surface area (Å²) in [5.41, 5.74) is 2.60. The summed E-state index contributed by atoms with van der Waals surface area (Å²) in [6.45, 7) is 5.33. The molecule has 2 aliphatic heterocycles. The molecule has 2 amide bonds. The molecule has 9 nitrogen and oxygen atoms in total. The molecule has 2 bridgehead atoms. The van der Waals surface area contributed by atoms with Crippen LogP contribution in [0.3, 0.4) is 0 Å². The van der Waals surface area contributed by atoms with Crippen LogP contribution in [0.4, 0.5) is 5.69 Å². The Morgan fingerprint density at radius 2 is 1.87 bits per heavy atom. The van der Waals surface area contributed by atoms with Gasteiger partial charge in [-0.1, -0.05) is 31.0 Å². The predicted molar refractivity (Wildman–Crippen MR) is 186 cm³/mol. The summed E-state index contributed by atoms with van der Waals surface area (Å²) in [5.74, 6) is 0.222. The fourth-order valence-electron chi connectivity index (χ4n) is 7.53. The Kier molecular flexibility index (Phi) is 11.1. The van der Waals surface area contributed by atoms with Crippen molar-refractivity contribution < 1.29 is 27.5 Å². The van der Waals surface area contributed by atoms with E-state index in [0.29, 0.717) is 43.2 Å². The Bertz CT molecular complexity index is 1570. The number of halogens is 1. The van der Waals surface area contributed by atoms with Crippen molar-refractivity contribution in [1.82, 2.24) is 9.62 Å². The molecule has 5 rings (SSSR count). The van der Waals surface area contributed by atoms with E-state index in [4.69, 9.17) is 21.1 Å². The average molecular weight is 688 g/mol. The van der Waals surface area contributed by atoms with E-state index in [1.54, 1.807) is 51.2 Å². The van der Waals surface area contributed by atoms with Gasteiger partial charge in [-0.15, -0.1) is 0 Å². The molecule has 5 atom stereocenters. The van der Waals surface area contributed by atoms with E-state index in [1.807, 2.05) is 25.1 Å². The van der Waals surface area contributed by atoms with Gasteiger partial charge in [-0.2, -0.15) is 0 Å². The minimum atomic E-state index is -3.96. The number of nitrogens with one attached hydrogen (secondary N) is 1. The second kappa shape index (κ2) is 14.7. The van der Waals surface area contributed by atoms with Crippen LogP contribution in [0.15, 0.2) is 36.4 Å². The number of hydrogen-bond donors (Lipinski definition) is 1. The second-order valence-corrected chi connectivity index (χ2v) is 16.5.